The van der Waals surface area contributed by atoms with E-state index in [0.29, 0.717) is 0 Å². The molecule has 0 aromatic carbocycles. The predicted molar refractivity (Wildman–Crippen MR) is 124 cm³/mol. The Morgan fingerprint density at radius 3 is 0.778 bits per heavy atom. The van der Waals surface area contributed by atoms with Gasteiger partial charge in [0.25, 0.3) is 0 Å². The summed E-state index contributed by atoms with van der Waals surface area (Å²) in [6, 6.07) is 0. The fourth-order valence-electron chi connectivity index (χ4n) is 3.84. The third-order valence-electron chi connectivity index (χ3n) is 5.78. The predicted octanol–water partition coefficient (Wildman–Crippen LogP) is 9.62. The molecule has 0 unspecified atom stereocenters. The van der Waals surface area contributed by atoms with Crippen molar-refractivity contribution in [2.45, 2.75) is 155 Å². The van der Waals surface area contributed by atoms with E-state index in [-0.39, 0.29) is 0 Å². The molecule has 0 bridgehead atoms. The zero-order chi connectivity index (χ0) is 19.7. The van der Waals surface area contributed by atoms with Crippen molar-refractivity contribution < 1.29 is 4.74 Å². The summed E-state index contributed by atoms with van der Waals surface area (Å²) in [5, 5.41) is 0. The van der Waals surface area contributed by atoms with Crippen LogP contribution in [-0.4, -0.2) is 13.2 Å². The molecule has 0 aliphatic heterocycles. The third kappa shape index (κ3) is 26.0. The van der Waals surface area contributed by atoms with Crippen LogP contribution in [0.2, 0.25) is 0 Å². The van der Waals surface area contributed by atoms with Gasteiger partial charge in [-0.2, -0.15) is 0 Å². The highest BCUT2D eigenvalue weighted by Gasteiger charge is 1.95. The molecule has 0 fully saturated rings. The largest absolute Gasteiger partial charge is 0.381 e. The molecule has 0 heterocycles. The lowest BCUT2D eigenvalue weighted by Crippen LogP contribution is -1.97. The van der Waals surface area contributed by atoms with Gasteiger partial charge < -0.3 is 4.74 Å². The van der Waals surface area contributed by atoms with Gasteiger partial charge in [-0.1, -0.05) is 142 Å². The SMILES string of the molecule is CCCCCCCCCCCCCCCCCCOCCCCCCCC. The van der Waals surface area contributed by atoms with Crippen LogP contribution in [0.15, 0.2) is 0 Å². The first-order valence-electron chi connectivity index (χ1n) is 13.0. The number of hydrogen-bond donors (Lipinski definition) is 0. The molecule has 0 spiro atoms. The van der Waals surface area contributed by atoms with Crippen molar-refractivity contribution in [1.29, 1.82) is 0 Å². The molecule has 0 aromatic rings. The molecule has 0 aliphatic rings. The Hall–Kier alpha value is -0.0400. The maximum absolute atomic E-state index is 5.76. The number of hydrogen-bond acceptors (Lipinski definition) is 1. The third-order valence-corrected chi connectivity index (χ3v) is 5.78. The number of ether oxygens (including phenoxy) is 1. The van der Waals surface area contributed by atoms with Crippen molar-refractivity contribution in [3.05, 3.63) is 0 Å². The van der Waals surface area contributed by atoms with E-state index in [1.165, 1.54) is 141 Å². The molecule has 0 saturated heterocycles. The zero-order valence-corrected chi connectivity index (χ0v) is 19.4. The van der Waals surface area contributed by atoms with Gasteiger partial charge in [-0.25, -0.2) is 0 Å². The summed E-state index contributed by atoms with van der Waals surface area (Å²) >= 11 is 0. The van der Waals surface area contributed by atoms with Crippen LogP contribution in [0.4, 0.5) is 0 Å². The zero-order valence-electron chi connectivity index (χ0n) is 19.4. The Morgan fingerprint density at radius 2 is 0.519 bits per heavy atom. The first-order chi connectivity index (χ1) is 13.4. The molecule has 0 atom stereocenters. The molecular weight excluding hydrogens is 328 g/mol. The highest BCUT2D eigenvalue weighted by atomic mass is 16.5. The van der Waals surface area contributed by atoms with Crippen molar-refractivity contribution in [2.24, 2.45) is 0 Å². The molecular formula is C26H54O. The summed E-state index contributed by atoms with van der Waals surface area (Å²) in [6.45, 7) is 6.56. The van der Waals surface area contributed by atoms with Gasteiger partial charge in [-0.15, -0.1) is 0 Å². The maximum atomic E-state index is 5.76. The summed E-state index contributed by atoms with van der Waals surface area (Å²) in [5.74, 6) is 0. The van der Waals surface area contributed by atoms with Crippen LogP contribution < -0.4 is 0 Å². The summed E-state index contributed by atoms with van der Waals surface area (Å²) < 4.78 is 5.76. The molecule has 0 amide bonds. The van der Waals surface area contributed by atoms with E-state index < -0.39 is 0 Å². The normalized spacial score (nSPS) is 11.3. The van der Waals surface area contributed by atoms with Gasteiger partial charge in [0.05, 0.1) is 0 Å². The number of unbranched alkanes of at least 4 members (excludes halogenated alkanes) is 20. The Bertz CT molecular complexity index is 214. The molecule has 0 N–H and O–H groups in total. The fraction of sp³-hybridized carbons (Fsp3) is 1.00. The molecule has 27 heavy (non-hydrogen) atoms. The average Bonchev–Trinajstić information content (AvgIpc) is 2.68. The quantitative estimate of drug-likeness (QED) is 0.151. The van der Waals surface area contributed by atoms with Crippen molar-refractivity contribution in [1.82, 2.24) is 0 Å². The second-order valence-corrected chi connectivity index (χ2v) is 8.68. The van der Waals surface area contributed by atoms with Crippen LogP contribution in [-0.2, 0) is 4.74 Å². The molecule has 0 radical (unpaired) electrons. The van der Waals surface area contributed by atoms with Crippen LogP contribution in [0, 0.1) is 0 Å². The highest BCUT2D eigenvalue weighted by molar-refractivity contribution is 4.50. The second kappa shape index (κ2) is 26.0. The first kappa shape index (κ1) is 27.0. The van der Waals surface area contributed by atoms with Crippen molar-refractivity contribution in [3.8, 4) is 0 Å². The standard InChI is InChI=1S/C26H54O/c1-3-5-7-9-11-12-13-14-15-16-17-18-19-20-22-24-26-27-25-23-21-10-8-6-4-2/h3-26H2,1-2H3. The Morgan fingerprint density at radius 1 is 0.296 bits per heavy atom. The van der Waals surface area contributed by atoms with Crippen molar-refractivity contribution in [3.63, 3.8) is 0 Å². The molecule has 1 nitrogen and oxygen atoms in total. The average molecular weight is 383 g/mol. The van der Waals surface area contributed by atoms with E-state index in [1.54, 1.807) is 0 Å². The van der Waals surface area contributed by atoms with Gasteiger partial charge in [0.1, 0.15) is 0 Å². The van der Waals surface area contributed by atoms with Gasteiger partial charge in [0.2, 0.25) is 0 Å². The monoisotopic (exact) mass is 382 g/mol. The minimum absolute atomic E-state index is 0.991. The first-order valence-corrected chi connectivity index (χ1v) is 13.0. The molecule has 0 saturated carbocycles. The fourth-order valence-corrected chi connectivity index (χ4v) is 3.84. The van der Waals surface area contributed by atoms with E-state index in [2.05, 4.69) is 13.8 Å². The lowest BCUT2D eigenvalue weighted by atomic mass is 10.0. The number of rotatable bonds is 24. The van der Waals surface area contributed by atoms with E-state index in [0.717, 1.165) is 13.2 Å². The molecule has 0 rings (SSSR count). The highest BCUT2D eigenvalue weighted by Crippen LogP contribution is 2.13. The topological polar surface area (TPSA) is 9.23 Å². The van der Waals surface area contributed by atoms with Crippen molar-refractivity contribution >= 4 is 0 Å². The molecule has 1 heteroatoms. The van der Waals surface area contributed by atoms with Gasteiger partial charge in [-0.3, -0.25) is 0 Å². The van der Waals surface area contributed by atoms with Crippen LogP contribution >= 0.6 is 0 Å². The molecule has 0 aliphatic carbocycles. The van der Waals surface area contributed by atoms with Crippen molar-refractivity contribution in [2.75, 3.05) is 13.2 Å². The van der Waals surface area contributed by atoms with Gasteiger partial charge in [0, 0.05) is 13.2 Å². The van der Waals surface area contributed by atoms with E-state index >= 15 is 0 Å². The Balaban J connectivity index is 2.95. The summed E-state index contributed by atoms with van der Waals surface area (Å²) in [7, 11) is 0. The van der Waals surface area contributed by atoms with E-state index in [4.69, 9.17) is 4.74 Å². The summed E-state index contributed by atoms with van der Waals surface area (Å²) in [4.78, 5) is 0. The van der Waals surface area contributed by atoms with E-state index in [9.17, 15) is 0 Å². The Kier molecular flexibility index (Phi) is 25.9. The summed E-state index contributed by atoms with van der Waals surface area (Å²) in [6.07, 6.45) is 31.2. The second-order valence-electron chi connectivity index (χ2n) is 8.68. The lowest BCUT2D eigenvalue weighted by molar-refractivity contribution is 0.125. The summed E-state index contributed by atoms with van der Waals surface area (Å²) in [5.41, 5.74) is 0. The van der Waals surface area contributed by atoms with Crippen LogP contribution in [0.1, 0.15) is 155 Å². The van der Waals surface area contributed by atoms with E-state index in [1.807, 2.05) is 0 Å². The Labute approximate surface area is 173 Å². The van der Waals surface area contributed by atoms with Gasteiger partial charge >= 0.3 is 0 Å². The smallest absolute Gasteiger partial charge is 0.0466 e. The molecule has 164 valence electrons. The minimum atomic E-state index is 0.991. The van der Waals surface area contributed by atoms with Gasteiger partial charge in [-0.05, 0) is 12.8 Å². The van der Waals surface area contributed by atoms with Crippen LogP contribution in [0.5, 0.6) is 0 Å². The molecule has 0 aromatic heterocycles. The van der Waals surface area contributed by atoms with Crippen LogP contribution in [0.25, 0.3) is 0 Å². The maximum Gasteiger partial charge on any atom is 0.0466 e. The lowest BCUT2D eigenvalue weighted by Gasteiger charge is -2.05. The minimum Gasteiger partial charge on any atom is -0.381 e. The van der Waals surface area contributed by atoms with Crippen LogP contribution in [0.3, 0.4) is 0 Å². The van der Waals surface area contributed by atoms with Gasteiger partial charge in [0.15, 0.2) is 0 Å².